The molecule has 0 spiro atoms. The fraction of sp³-hybridized carbons (Fsp3) is 0.565. The van der Waals surface area contributed by atoms with Crippen LogP contribution in [-0.2, 0) is 37.0 Å². The molecule has 54 heavy (non-hydrogen) atoms. The summed E-state index contributed by atoms with van der Waals surface area (Å²) in [6, 6.07) is 24.5. The number of esters is 1. The zero-order valence-corrected chi connectivity index (χ0v) is 33.4. The lowest BCUT2D eigenvalue weighted by Crippen LogP contribution is -2.40. The molecule has 0 saturated carbocycles. The summed E-state index contributed by atoms with van der Waals surface area (Å²) >= 11 is 0. The molecule has 0 radical (unpaired) electrons. The number of carbonyl (C=O) groups is 2. The van der Waals surface area contributed by atoms with Gasteiger partial charge in [0.25, 0.3) is 5.91 Å². The van der Waals surface area contributed by atoms with Gasteiger partial charge in [-0.05, 0) is 72.8 Å². The lowest BCUT2D eigenvalue weighted by molar-refractivity contribution is -0.253. The van der Waals surface area contributed by atoms with Crippen molar-refractivity contribution in [3.63, 3.8) is 0 Å². The van der Waals surface area contributed by atoms with Crippen LogP contribution in [0.1, 0.15) is 146 Å². The number of amides is 1. The zero-order valence-electron chi connectivity index (χ0n) is 33.4. The number of rotatable bonds is 24. The van der Waals surface area contributed by atoms with E-state index in [0.717, 1.165) is 59.4 Å². The van der Waals surface area contributed by atoms with Crippen LogP contribution < -0.4 is 5.32 Å². The van der Waals surface area contributed by atoms with Crippen molar-refractivity contribution in [2.75, 3.05) is 19.6 Å². The summed E-state index contributed by atoms with van der Waals surface area (Å²) < 4.78 is 18.6. The Bertz CT molecular complexity index is 1510. The van der Waals surface area contributed by atoms with Gasteiger partial charge in [0, 0.05) is 32.0 Å². The number of benzene rings is 3. The van der Waals surface area contributed by atoms with Gasteiger partial charge in [-0.1, -0.05) is 139 Å². The van der Waals surface area contributed by atoms with Gasteiger partial charge in [0.05, 0.1) is 18.8 Å². The van der Waals surface area contributed by atoms with Crippen molar-refractivity contribution in [2.24, 2.45) is 0 Å². The zero-order chi connectivity index (χ0) is 38.5. The smallest absolute Gasteiger partial charge is 0.303 e. The molecular formula is C46H66N2O6. The topological polar surface area (TPSA) is 97.3 Å². The Labute approximate surface area is 325 Å². The number of nitrogens with one attached hydrogen (secondary N) is 1. The Balaban J connectivity index is 1.50. The Morgan fingerprint density at radius 1 is 0.778 bits per heavy atom. The molecule has 3 aromatic rings. The molecule has 8 heteroatoms. The van der Waals surface area contributed by atoms with Crippen molar-refractivity contribution in [3.8, 4) is 11.1 Å². The van der Waals surface area contributed by atoms with E-state index < -0.39 is 18.4 Å². The monoisotopic (exact) mass is 742 g/mol. The molecule has 8 nitrogen and oxygen atoms in total. The first-order valence-corrected chi connectivity index (χ1v) is 20.7. The van der Waals surface area contributed by atoms with Gasteiger partial charge >= 0.3 is 5.97 Å². The molecule has 296 valence electrons. The van der Waals surface area contributed by atoms with Crippen LogP contribution in [0.4, 0.5) is 0 Å². The molecule has 0 aliphatic carbocycles. The first kappa shape index (κ1) is 43.2. The Kier molecular flexibility index (Phi) is 19.2. The summed E-state index contributed by atoms with van der Waals surface area (Å²) in [7, 11) is 0. The molecule has 2 N–H and O–H groups in total. The van der Waals surface area contributed by atoms with Crippen molar-refractivity contribution in [3.05, 3.63) is 95.1 Å². The minimum absolute atomic E-state index is 0.00332. The molecule has 0 unspecified atom stereocenters. The normalized spacial score (nSPS) is 17.7. The van der Waals surface area contributed by atoms with Crippen LogP contribution in [0.15, 0.2) is 72.8 Å². The second-order valence-corrected chi connectivity index (χ2v) is 15.0. The van der Waals surface area contributed by atoms with E-state index in [1.165, 1.54) is 84.0 Å². The van der Waals surface area contributed by atoms with Crippen LogP contribution in [0.3, 0.4) is 0 Å². The van der Waals surface area contributed by atoms with E-state index in [2.05, 4.69) is 66.5 Å². The summed E-state index contributed by atoms with van der Waals surface area (Å²) in [4.78, 5) is 26.4. The molecular weight excluding hydrogens is 677 g/mol. The van der Waals surface area contributed by atoms with Gasteiger partial charge in [0.15, 0.2) is 12.4 Å². The fourth-order valence-electron chi connectivity index (χ4n) is 7.21. The summed E-state index contributed by atoms with van der Waals surface area (Å²) in [6.45, 7) is 10.8. The number of aliphatic hydroxyl groups is 1. The lowest BCUT2D eigenvalue weighted by Gasteiger charge is -2.38. The Hall–Kier alpha value is -3.56. The number of hydrogen-bond acceptors (Lipinski definition) is 7. The van der Waals surface area contributed by atoms with Crippen molar-refractivity contribution in [1.29, 1.82) is 0 Å². The maximum absolute atomic E-state index is 12.5. The molecule has 1 aliphatic rings. The van der Waals surface area contributed by atoms with E-state index in [-0.39, 0.29) is 24.7 Å². The minimum Gasteiger partial charge on any atom is -0.453 e. The molecule has 0 bridgehead atoms. The average Bonchev–Trinajstić information content (AvgIpc) is 3.19. The predicted octanol–water partition coefficient (Wildman–Crippen LogP) is 9.98. The largest absolute Gasteiger partial charge is 0.453 e. The van der Waals surface area contributed by atoms with Crippen LogP contribution >= 0.6 is 0 Å². The number of ether oxygens (including phenoxy) is 3. The van der Waals surface area contributed by atoms with Crippen LogP contribution in [-0.4, -0.2) is 53.7 Å². The molecule has 3 aromatic carbocycles. The van der Waals surface area contributed by atoms with Crippen LogP contribution in [0.2, 0.25) is 0 Å². The minimum atomic E-state index is -0.851. The van der Waals surface area contributed by atoms with Crippen molar-refractivity contribution < 1.29 is 28.9 Å². The van der Waals surface area contributed by atoms with Gasteiger partial charge in [0.2, 0.25) is 0 Å². The van der Waals surface area contributed by atoms with Gasteiger partial charge in [-0.2, -0.15) is 0 Å². The van der Waals surface area contributed by atoms with Crippen LogP contribution in [0.25, 0.3) is 11.1 Å². The summed E-state index contributed by atoms with van der Waals surface area (Å²) in [5, 5.41) is 12.6. The highest BCUT2D eigenvalue weighted by Crippen LogP contribution is 2.39. The van der Waals surface area contributed by atoms with Gasteiger partial charge in [-0.15, -0.1) is 0 Å². The highest BCUT2D eigenvalue weighted by atomic mass is 16.7. The van der Waals surface area contributed by atoms with E-state index in [1.54, 1.807) is 6.92 Å². The first-order valence-electron chi connectivity index (χ1n) is 20.7. The molecule has 4 atom stereocenters. The third kappa shape index (κ3) is 14.9. The molecule has 1 amide bonds. The van der Waals surface area contributed by atoms with E-state index >= 15 is 0 Å². The second-order valence-electron chi connectivity index (χ2n) is 15.0. The summed E-state index contributed by atoms with van der Waals surface area (Å²) in [5.41, 5.74) is 5.92. The maximum Gasteiger partial charge on any atom is 0.303 e. The van der Waals surface area contributed by atoms with Crippen molar-refractivity contribution >= 4 is 11.9 Å². The summed E-state index contributed by atoms with van der Waals surface area (Å²) in [5.74, 6) is -0.821. The van der Waals surface area contributed by atoms with Gasteiger partial charge in [-0.3, -0.25) is 9.59 Å². The molecule has 1 saturated heterocycles. The summed E-state index contributed by atoms with van der Waals surface area (Å²) in [6.07, 6.45) is 14.7. The number of nitrogens with zero attached hydrogens (tertiary/aromatic N) is 1. The number of unbranched alkanes of at least 4 members (excludes halogenated alkanes) is 10. The second kappa shape index (κ2) is 24.1. The van der Waals surface area contributed by atoms with E-state index in [0.29, 0.717) is 6.54 Å². The Morgan fingerprint density at radius 2 is 1.39 bits per heavy atom. The quantitative estimate of drug-likeness (QED) is 0.0697. The molecule has 1 heterocycles. The van der Waals surface area contributed by atoms with E-state index in [4.69, 9.17) is 14.2 Å². The van der Waals surface area contributed by atoms with Gasteiger partial charge < -0.3 is 29.5 Å². The number of hydrogen-bond donors (Lipinski definition) is 2. The van der Waals surface area contributed by atoms with E-state index in [1.807, 2.05) is 30.3 Å². The van der Waals surface area contributed by atoms with Gasteiger partial charge in [-0.25, -0.2) is 0 Å². The first-order chi connectivity index (χ1) is 26.3. The third-order valence-electron chi connectivity index (χ3n) is 10.3. The van der Waals surface area contributed by atoms with Gasteiger partial charge in [0.1, 0.15) is 0 Å². The molecule has 1 aliphatic heterocycles. The number of carbonyl (C=O) groups excluding carboxylic acids is 2. The lowest BCUT2D eigenvalue weighted by atomic mass is 9.98. The fourth-order valence-corrected chi connectivity index (χ4v) is 7.21. The van der Waals surface area contributed by atoms with Crippen LogP contribution in [0.5, 0.6) is 0 Å². The highest BCUT2D eigenvalue weighted by Gasteiger charge is 2.33. The number of aliphatic hydroxyl groups excluding tert-OH is 1. The molecule has 4 rings (SSSR count). The van der Waals surface area contributed by atoms with E-state index in [9.17, 15) is 14.7 Å². The Morgan fingerprint density at radius 3 is 2.02 bits per heavy atom. The molecule has 0 aromatic heterocycles. The van der Waals surface area contributed by atoms with Crippen LogP contribution in [0, 0.1) is 0 Å². The van der Waals surface area contributed by atoms with Crippen molar-refractivity contribution in [2.45, 2.75) is 149 Å². The maximum atomic E-state index is 12.5. The standard InChI is InChI=1S/C46H66N2O6/c1-5-7-9-11-13-15-27-48(28-16-14-12-10-8-6-2)33-43-31-44(39-25-23-37(34-49)24-26-39)54-46(53-43)42-22-18-21-41(30-42)40-20-17-19-38(29-40)32-47-45(51)35(3)52-36(4)50/h17-26,29-30,35,43-44,46,49H,5-16,27-28,31-34H2,1-4H3,(H,47,51)/t35-,43+,44-,46-/m0/s1. The highest BCUT2D eigenvalue weighted by molar-refractivity contribution is 5.82. The molecule has 1 fully saturated rings. The predicted molar refractivity (Wildman–Crippen MR) is 217 cm³/mol. The third-order valence-corrected chi connectivity index (χ3v) is 10.3. The van der Waals surface area contributed by atoms with Crippen molar-refractivity contribution in [1.82, 2.24) is 10.2 Å². The average molecular weight is 743 g/mol. The SMILES string of the molecule is CCCCCCCCN(CCCCCCCC)C[C@H]1C[C@@H](c2ccc(CO)cc2)O[C@@H](c2cccc(-c3cccc(CNC(=O)[C@H](C)OC(C)=O)c3)c2)O1.